The first-order chi connectivity index (χ1) is 6.04. The Balaban J connectivity index is 4.58. The fourth-order valence-electron chi connectivity index (χ4n) is 2.49. The van der Waals surface area contributed by atoms with Crippen LogP contribution in [0.3, 0.4) is 0 Å². The summed E-state index contributed by atoms with van der Waals surface area (Å²) in [5.74, 6) is -1.77. The van der Waals surface area contributed by atoms with Gasteiger partial charge in [0.15, 0.2) is 0 Å². The Morgan fingerprint density at radius 2 is 1.08 bits per heavy atom. The van der Waals surface area contributed by atoms with Crippen molar-refractivity contribution >= 4 is 17.2 Å². The molecule has 0 radical (unpaired) electrons. The number of hydrogen-bond donors (Lipinski definition) is 0. The van der Waals surface area contributed by atoms with Crippen molar-refractivity contribution in [2.24, 2.45) is 0 Å². The Hall–Kier alpha value is 0.720. The van der Waals surface area contributed by atoms with E-state index in [4.69, 9.17) is 11.2 Å². The predicted octanol–water partition coefficient (Wildman–Crippen LogP) is 4.94. The maximum absolute atomic E-state index is 7.01. The van der Waals surface area contributed by atoms with E-state index >= 15 is 0 Å². The molecule has 0 saturated heterocycles. The van der Waals surface area contributed by atoms with Gasteiger partial charge in [-0.3, -0.25) is 0 Å². The molecule has 0 aliphatic carbocycles. The van der Waals surface area contributed by atoms with Crippen molar-refractivity contribution in [3.63, 3.8) is 0 Å². The van der Waals surface area contributed by atoms with E-state index < -0.39 is 5.96 Å². The van der Waals surface area contributed by atoms with Gasteiger partial charge in [0.2, 0.25) is 0 Å². The van der Waals surface area contributed by atoms with E-state index in [9.17, 15) is 0 Å². The predicted molar refractivity (Wildman–Crippen MR) is 68.8 cm³/mol. The molecule has 0 amide bonds. The van der Waals surface area contributed by atoms with E-state index in [-0.39, 0.29) is 0 Å². The summed E-state index contributed by atoms with van der Waals surface area (Å²) in [6.07, 6.45) is 8.91. The third kappa shape index (κ3) is 3.76. The summed E-state index contributed by atoms with van der Waals surface area (Å²) in [6.45, 7) is 9.10. The van der Waals surface area contributed by atoms with Crippen LogP contribution in [0.25, 0.3) is 0 Å². The molecular weight excluding hydrogens is 199 g/mol. The average Bonchev–Trinajstić information content (AvgIpc) is 2.06. The minimum atomic E-state index is -1.77. The molecule has 82 valence electrons. The monoisotopic (exact) mass is 224 g/mol. The fraction of sp³-hybridized carbons (Fsp3) is 1.00. The van der Waals surface area contributed by atoms with Crippen molar-refractivity contribution in [3.8, 4) is 0 Å². The van der Waals surface area contributed by atoms with Gasteiger partial charge in [-0.25, -0.2) is 0 Å². The van der Waals surface area contributed by atoms with Crippen LogP contribution in [0.1, 0.15) is 47.0 Å². The summed E-state index contributed by atoms with van der Waals surface area (Å²) >= 11 is 7.01. The summed E-state index contributed by atoms with van der Waals surface area (Å²) in [5.41, 5.74) is 0. The Morgan fingerprint density at radius 1 is 0.769 bits per heavy atom. The van der Waals surface area contributed by atoms with Crippen LogP contribution in [0.5, 0.6) is 0 Å². The molecule has 0 heterocycles. The van der Waals surface area contributed by atoms with E-state index in [1.165, 1.54) is 43.9 Å². The molecule has 0 atom stereocenters. The van der Waals surface area contributed by atoms with Gasteiger partial charge in [0.1, 0.15) is 0 Å². The van der Waals surface area contributed by atoms with Crippen LogP contribution in [-0.2, 0) is 0 Å². The second kappa shape index (κ2) is 5.56. The van der Waals surface area contributed by atoms with Crippen LogP contribution in [0.15, 0.2) is 0 Å². The van der Waals surface area contributed by atoms with Crippen molar-refractivity contribution in [1.29, 1.82) is 0 Å². The van der Waals surface area contributed by atoms with Crippen LogP contribution in [0, 0.1) is 0 Å². The van der Waals surface area contributed by atoms with Crippen LogP contribution in [0.2, 0.25) is 0 Å². The van der Waals surface area contributed by atoms with Gasteiger partial charge >= 0.3 is 88.8 Å². The first-order valence-corrected chi connectivity index (χ1v) is 9.64. The molecule has 13 heavy (non-hydrogen) atoms. The van der Waals surface area contributed by atoms with Gasteiger partial charge in [0.05, 0.1) is 0 Å². The molecule has 0 aromatic rings. The SMILES string of the molecule is CCCP(Cl)(CC)(CCC)CCC. The molecule has 2 heteroatoms. The third-order valence-corrected chi connectivity index (χ3v) is 11.7. The molecule has 0 N–H and O–H groups in total. The number of rotatable bonds is 7. The van der Waals surface area contributed by atoms with E-state index in [2.05, 4.69) is 27.7 Å². The molecule has 0 aromatic carbocycles. The Labute approximate surface area is 89.2 Å². The summed E-state index contributed by atoms with van der Waals surface area (Å²) in [6, 6.07) is 0. The Bertz CT molecular complexity index is 125. The summed E-state index contributed by atoms with van der Waals surface area (Å²) in [4.78, 5) is 0. The summed E-state index contributed by atoms with van der Waals surface area (Å²) < 4.78 is 0. The third-order valence-electron chi connectivity index (χ3n) is 3.14. The second-order valence-corrected chi connectivity index (χ2v) is 12.8. The van der Waals surface area contributed by atoms with Crippen molar-refractivity contribution in [1.82, 2.24) is 0 Å². The van der Waals surface area contributed by atoms with Gasteiger partial charge in [-0.2, -0.15) is 0 Å². The number of hydrogen-bond acceptors (Lipinski definition) is 0. The van der Waals surface area contributed by atoms with E-state index in [0.29, 0.717) is 0 Å². The molecule has 0 bridgehead atoms. The summed E-state index contributed by atoms with van der Waals surface area (Å²) in [5, 5.41) is 0. The van der Waals surface area contributed by atoms with Crippen molar-refractivity contribution in [2.45, 2.75) is 47.0 Å². The normalized spacial score (nSPS) is 15.3. The van der Waals surface area contributed by atoms with Gasteiger partial charge in [-0.05, 0) is 0 Å². The summed E-state index contributed by atoms with van der Waals surface area (Å²) in [7, 11) is 0. The van der Waals surface area contributed by atoms with Crippen LogP contribution >= 0.6 is 17.2 Å². The van der Waals surface area contributed by atoms with Crippen molar-refractivity contribution < 1.29 is 0 Å². The topological polar surface area (TPSA) is 0 Å². The Kier molecular flexibility index (Phi) is 5.87. The molecule has 0 unspecified atom stereocenters. The van der Waals surface area contributed by atoms with Gasteiger partial charge in [-0.1, -0.05) is 0 Å². The molecule has 0 aliphatic heterocycles. The van der Waals surface area contributed by atoms with E-state index in [1.54, 1.807) is 0 Å². The number of halogens is 1. The standard InChI is InChI=1S/C11H26ClP/c1-5-9-13(12,8-4,10-6-2)11-7-3/h5-11H2,1-4H3. The zero-order valence-electron chi connectivity index (χ0n) is 9.77. The zero-order valence-corrected chi connectivity index (χ0v) is 11.4. The molecule has 0 rings (SSSR count). The quantitative estimate of drug-likeness (QED) is 0.537. The fourth-order valence-corrected chi connectivity index (χ4v) is 8.98. The molecule has 0 saturated carbocycles. The Morgan fingerprint density at radius 3 is 1.23 bits per heavy atom. The van der Waals surface area contributed by atoms with Crippen LogP contribution < -0.4 is 0 Å². The van der Waals surface area contributed by atoms with Gasteiger partial charge in [-0.15, -0.1) is 0 Å². The molecule has 0 nitrogen and oxygen atoms in total. The van der Waals surface area contributed by atoms with Gasteiger partial charge in [0.25, 0.3) is 0 Å². The molecule has 0 spiro atoms. The van der Waals surface area contributed by atoms with Crippen molar-refractivity contribution in [2.75, 3.05) is 24.6 Å². The van der Waals surface area contributed by atoms with Crippen molar-refractivity contribution in [3.05, 3.63) is 0 Å². The van der Waals surface area contributed by atoms with E-state index in [0.717, 1.165) is 0 Å². The molecular formula is C11H26ClP. The van der Waals surface area contributed by atoms with Gasteiger partial charge < -0.3 is 0 Å². The second-order valence-electron chi connectivity index (χ2n) is 4.31. The molecule has 0 aliphatic rings. The minimum absolute atomic E-state index is 1.24. The zero-order chi connectivity index (χ0) is 10.4. The van der Waals surface area contributed by atoms with Gasteiger partial charge in [0, 0.05) is 0 Å². The first-order valence-electron chi connectivity index (χ1n) is 5.76. The maximum atomic E-state index is 7.01. The molecule has 0 fully saturated rings. The van der Waals surface area contributed by atoms with Crippen LogP contribution in [-0.4, -0.2) is 24.6 Å². The van der Waals surface area contributed by atoms with Crippen LogP contribution in [0.4, 0.5) is 0 Å². The first kappa shape index (κ1) is 13.7. The molecule has 0 aromatic heterocycles. The van der Waals surface area contributed by atoms with E-state index in [1.807, 2.05) is 0 Å². The average molecular weight is 225 g/mol.